The van der Waals surface area contributed by atoms with E-state index in [0.29, 0.717) is 0 Å². The molecule has 0 N–H and O–H groups in total. The van der Waals surface area contributed by atoms with Crippen molar-refractivity contribution < 1.29 is 24.0 Å². The molecule has 0 aliphatic heterocycles. The van der Waals surface area contributed by atoms with Crippen LogP contribution in [0.15, 0.2) is 24.3 Å². The number of hydrogen-bond donors (Lipinski definition) is 0. The van der Waals surface area contributed by atoms with E-state index in [4.69, 9.17) is 0 Å². The highest BCUT2D eigenvalue weighted by Crippen LogP contribution is 2.19. The zero-order valence-corrected chi connectivity index (χ0v) is 9.41. The molecule has 0 unspecified atom stereocenters. The van der Waals surface area contributed by atoms with Crippen LogP contribution in [0.5, 0.6) is 0 Å². The van der Waals surface area contributed by atoms with Crippen LogP contribution in [0.25, 0.3) is 0 Å². The summed E-state index contributed by atoms with van der Waals surface area (Å²) in [5.74, 6) is -2.99. The highest BCUT2D eigenvalue weighted by molar-refractivity contribution is 6.38. The maximum absolute atomic E-state index is 11.7. The molecule has 0 aliphatic carbocycles. The summed E-state index contributed by atoms with van der Waals surface area (Å²) in [5.41, 5.74) is -0.611. The predicted molar refractivity (Wildman–Crippen MR) is 59.1 cm³/mol. The molecular weight excluding hydrogens is 242 g/mol. The fraction of sp³-hybridized carbons (Fsp3) is 0.182. The molecule has 0 spiro atoms. The topological polar surface area (TPSA) is 104 Å². The van der Waals surface area contributed by atoms with Gasteiger partial charge in [0.2, 0.25) is 5.78 Å². The molecular formula is C11H9NO6. The standard InChI is InChI=1S/C11H9NO6/c1-18-11(15)10(14)6-9(13)7-4-2-3-5-8(7)12(16)17/h2-5H,6H2,1H3. The molecule has 0 saturated carbocycles. The Morgan fingerprint density at radius 3 is 2.44 bits per heavy atom. The summed E-state index contributed by atoms with van der Waals surface area (Å²) in [6.45, 7) is 0. The van der Waals surface area contributed by atoms with Gasteiger partial charge < -0.3 is 4.74 Å². The summed E-state index contributed by atoms with van der Waals surface area (Å²) < 4.78 is 4.15. The number of nitro groups is 1. The van der Waals surface area contributed by atoms with Crippen molar-refractivity contribution in [2.75, 3.05) is 7.11 Å². The normalized spacial score (nSPS) is 9.61. The number of benzene rings is 1. The van der Waals surface area contributed by atoms with E-state index in [0.717, 1.165) is 13.2 Å². The van der Waals surface area contributed by atoms with Crippen LogP contribution < -0.4 is 0 Å². The monoisotopic (exact) mass is 251 g/mol. The van der Waals surface area contributed by atoms with Crippen LogP contribution in [0.4, 0.5) is 5.69 Å². The predicted octanol–water partition coefficient (Wildman–Crippen LogP) is 0.910. The molecule has 0 saturated heterocycles. The lowest BCUT2D eigenvalue weighted by Crippen LogP contribution is -2.19. The first-order chi connectivity index (χ1) is 8.47. The summed E-state index contributed by atoms with van der Waals surface area (Å²) in [7, 11) is 1.01. The minimum absolute atomic E-state index is 0.209. The van der Waals surface area contributed by atoms with Gasteiger partial charge in [-0.15, -0.1) is 0 Å². The molecule has 0 radical (unpaired) electrons. The zero-order valence-electron chi connectivity index (χ0n) is 9.41. The molecule has 7 nitrogen and oxygen atoms in total. The second-order valence-electron chi connectivity index (χ2n) is 3.29. The second-order valence-corrected chi connectivity index (χ2v) is 3.29. The van der Waals surface area contributed by atoms with Gasteiger partial charge in [-0.1, -0.05) is 12.1 Å². The molecule has 7 heteroatoms. The van der Waals surface area contributed by atoms with Crippen molar-refractivity contribution in [3.8, 4) is 0 Å². The molecule has 0 fully saturated rings. The highest BCUT2D eigenvalue weighted by atomic mass is 16.6. The minimum Gasteiger partial charge on any atom is -0.463 e. The maximum Gasteiger partial charge on any atom is 0.374 e. The van der Waals surface area contributed by atoms with Crippen molar-refractivity contribution >= 4 is 23.2 Å². The number of Topliss-reactive ketones (excluding diaryl/α,β-unsaturated/α-hetero) is 2. The molecule has 1 aromatic carbocycles. The van der Waals surface area contributed by atoms with Gasteiger partial charge in [-0.05, 0) is 6.07 Å². The van der Waals surface area contributed by atoms with Crippen LogP contribution in [0.3, 0.4) is 0 Å². The minimum atomic E-state index is -1.15. The number of carbonyl (C=O) groups excluding carboxylic acids is 3. The van der Waals surface area contributed by atoms with Crippen LogP contribution in [0.2, 0.25) is 0 Å². The summed E-state index contributed by atoms with van der Waals surface area (Å²) >= 11 is 0. The molecule has 0 amide bonds. The molecule has 0 aliphatic rings. The lowest BCUT2D eigenvalue weighted by molar-refractivity contribution is -0.385. The van der Waals surface area contributed by atoms with Crippen molar-refractivity contribution in [3.05, 3.63) is 39.9 Å². The zero-order chi connectivity index (χ0) is 13.7. The summed E-state index contributed by atoms with van der Waals surface area (Å²) in [6.07, 6.45) is -0.752. The molecule has 94 valence electrons. The highest BCUT2D eigenvalue weighted by Gasteiger charge is 2.24. The number of esters is 1. The summed E-state index contributed by atoms with van der Waals surface area (Å²) in [5, 5.41) is 10.7. The van der Waals surface area contributed by atoms with E-state index in [9.17, 15) is 24.5 Å². The van der Waals surface area contributed by atoms with Crippen molar-refractivity contribution in [2.45, 2.75) is 6.42 Å². The quantitative estimate of drug-likeness (QED) is 0.192. The Balaban J connectivity index is 2.95. The Bertz CT molecular complexity index is 522. The van der Waals surface area contributed by atoms with E-state index in [2.05, 4.69) is 4.74 Å². The molecule has 18 heavy (non-hydrogen) atoms. The number of methoxy groups -OCH3 is 1. The maximum atomic E-state index is 11.7. The first kappa shape index (κ1) is 13.5. The van der Waals surface area contributed by atoms with Gasteiger partial charge in [-0.25, -0.2) is 4.79 Å². The number of ketones is 2. The van der Waals surface area contributed by atoms with Gasteiger partial charge in [0, 0.05) is 6.07 Å². The van der Waals surface area contributed by atoms with E-state index < -0.39 is 34.6 Å². The van der Waals surface area contributed by atoms with Crippen LogP contribution in [0.1, 0.15) is 16.8 Å². The van der Waals surface area contributed by atoms with Crippen molar-refractivity contribution in [1.82, 2.24) is 0 Å². The van der Waals surface area contributed by atoms with Crippen LogP contribution in [-0.4, -0.2) is 29.6 Å². The van der Waals surface area contributed by atoms with E-state index in [-0.39, 0.29) is 5.56 Å². The molecule has 1 rings (SSSR count). The first-order valence-corrected chi connectivity index (χ1v) is 4.85. The van der Waals surface area contributed by atoms with Gasteiger partial charge in [0.25, 0.3) is 5.69 Å². The van der Waals surface area contributed by atoms with E-state index >= 15 is 0 Å². The van der Waals surface area contributed by atoms with E-state index in [1.807, 2.05) is 0 Å². The van der Waals surface area contributed by atoms with Crippen LogP contribution in [0, 0.1) is 10.1 Å². The Morgan fingerprint density at radius 1 is 1.28 bits per heavy atom. The fourth-order valence-corrected chi connectivity index (χ4v) is 1.30. The number of rotatable bonds is 5. The second kappa shape index (κ2) is 5.67. The fourth-order valence-electron chi connectivity index (χ4n) is 1.30. The average Bonchev–Trinajstić information content (AvgIpc) is 2.37. The molecule has 0 heterocycles. The Kier molecular flexibility index (Phi) is 4.25. The Morgan fingerprint density at radius 2 is 1.89 bits per heavy atom. The number of nitro benzene ring substituents is 1. The van der Waals surface area contributed by atoms with E-state index in [1.165, 1.54) is 18.2 Å². The van der Waals surface area contributed by atoms with Gasteiger partial charge in [0.1, 0.15) is 0 Å². The smallest absolute Gasteiger partial charge is 0.374 e. The largest absolute Gasteiger partial charge is 0.463 e. The lowest BCUT2D eigenvalue weighted by atomic mass is 10.0. The third-order valence-electron chi connectivity index (χ3n) is 2.14. The van der Waals surface area contributed by atoms with Gasteiger partial charge >= 0.3 is 5.97 Å². The van der Waals surface area contributed by atoms with Crippen LogP contribution in [-0.2, 0) is 14.3 Å². The van der Waals surface area contributed by atoms with Gasteiger partial charge in [-0.3, -0.25) is 19.7 Å². The van der Waals surface area contributed by atoms with Crippen molar-refractivity contribution in [2.24, 2.45) is 0 Å². The lowest BCUT2D eigenvalue weighted by Gasteiger charge is -2.01. The SMILES string of the molecule is COC(=O)C(=O)CC(=O)c1ccccc1[N+](=O)[O-]. The van der Waals surface area contributed by atoms with E-state index in [1.54, 1.807) is 0 Å². The molecule has 0 bridgehead atoms. The number of para-hydroxylation sites is 1. The number of nitrogens with zero attached hydrogens (tertiary/aromatic N) is 1. The van der Waals surface area contributed by atoms with Crippen molar-refractivity contribution in [3.63, 3.8) is 0 Å². The molecule has 0 aromatic heterocycles. The third kappa shape index (κ3) is 2.97. The molecule has 0 atom stereocenters. The molecule has 1 aromatic rings. The number of ether oxygens (including phenoxy) is 1. The average molecular weight is 251 g/mol. The Labute approximate surface area is 102 Å². The number of hydrogen-bond acceptors (Lipinski definition) is 6. The number of carbonyl (C=O) groups is 3. The summed E-state index contributed by atoms with van der Waals surface area (Å²) in [4.78, 5) is 43.6. The van der Waals surface area contributed by atoms with Gasteiger partial charge in [0.05, 0.1) is 24.0 Å². The summed E-state index contributed by atoms with van der Waals surface area (Å²) in [6, 6.07) is 5.21. The first-order valence-electron chi connectivity index (χ1n) is 4.85. The Hall–Kier alpha value is -2.57. The third-order valence-corrected chi connectivity index (χ3v) is 2.14. The van der Waals surface area contributed by atoms with Gasteiger partial charge in [0.15, 0.2) is 5.78 Å². The van der Waals surface area contributed by atoms with Crippen LogP contribution >= 0.6 is 0 Å². The van der Waals surface area contributed by atoms with Crippen molar-refractivity contribution in [1.29, 1.82) is 0 Å². The van der Waals surface area contributed by atoms with Gasteiger partial charge in [-0.2, -0.15) is 0 Å².